The number of hydrogen-bond donors (Lipinski definition) is 3. The standard InChI is InChI=1S/C31H27F2N5O5/c32-20-3-6-22(7-4-20)38-11-1-2-25(30(38)41)29(40)35-21-5-8-27(26(33)14-21)43-24-9-10-34-28(15-24)36-31(42)37-16-18-12-23(39)13-19(18)17-37/h1-11,14-15,18-19,23,39H,12-13,16-17H2,(H,35,40)(H,34,36,42)/t18-,19+,23?. The number of carbonyl (C=O) groups is 2. The van der Waals surface area contributed by atoms with E-state index in [2.05, 4.69) is 15.6 Å². The molecule has 1 unspecified atom stereocenters. The van der Waals surface area contributed by atoms with Crippen LogP contribution in [0.15, 0.2) is 83.9 Å². The van der Waals surface area contributed by atoms with Crippen molar-refractivity contribution in [2.75, 3.05) is 23.7 Å². The first kappa shape index (κ1) is 28.0. The van der Waals surface area contributed by atoms with E-state index < -0.39 is 23.1 Å². The third-order valence-electron chi connectivity index (χ3n) is 7.69. The van der Waals surface area contributed by atoms with Crippen molar-refractivity contribution in [3.63, 3.8) is 0 Å². The van der Waals surface area contributed by atoms with Crippen LogP contribution in [0.4, 0.5) is 25.1 Å². The smallest absolute Gasteiger partial charge is 0.323 e. The molecule has 3 heterocycles. The maximum absolute atomic E-state index is 15.0. The van der Waals surface area contributed by atoms with Crippen molar-refractivity contribution in [2.45, 2.75) is 18.9 Å². The van der Waals surface area contributed by atoms with Gasteiger partial charge in [-0.3, -0.25) is 19.5 Å². The summed E-state index contributed by atoms with van der Waals surface area (Å²) < 4.78 is 35.1. The summed E-state index contributed by atoms with van der Waals surface area (Å²) in [5.41, 5.74) is -0.337. The highest BCUT2D eigenvalue weighted by Gasteiger charge is 2.41. The molecule has 0 spiro atoms. The Kier molecular flexibility index (Phi) is 7.59. The van der Waals surface area contributed by atoms with E-state index in [9.17, 15) is 28.3 Å². The highest BCUT2D eigenvalue weighted by Crippen LogP contribution is 2.38. The van der Waals surface area contributed by atoms with Crippen LogP contribution in [0.2, 0.25) is 0 Å². The van der Waals surface area contributed by atoms with Gasteiger partial charge in [-0.1, -0.05) is 0 Å². The van der Waals surface area contributed by atoms with Gasteiger partial charge in [0.25, 0.3) is 11.5 Å². The molecule has 2 aromatic heterocycles. The number of aromatic nitrogens is 2. The van der Waals surface area contributed by atoms with Gasteiger partial charge in [-0.15, -0.1) is 0 Å². The molecule has 2 fully saturated rings. The number of halogens is 2. The van der Waals surface area contributed by atoms with Crippen LogP contribution in [0.3, 0.4) is 0 Å². The zero-order chi connectivity index (χ0) is 30.1. The van der Waals surface area contributed by atoms with Crippen LogP contribution in [0, 0.1) is 23.5 Å². The minimum absolute atomic E-state index is 0.0945. The Labute approximate surface area is 244 Å². The van der Waals surface area contributed by atoms with Crippen molar-refractivity contribution < 1.29 is 28.2 Å². The van der Waals surface area contributed by atoms with E-state index in [1.54, 1.807) is 4.90 Å². The van der Waals surface area contributed by atoms with E-state index in [0.717, 1.165) is 6.07 Å². The molecule has 4 aromatic rings. The molecular weight excluding hydrogens is 560 g/mol. The van der Waals surface area contributed by atoms with Crippen LogP contribution in [-0.4, -0.2) is 50.7 Å². The number of nitrogens with zero attached hydrogens (tertiary/aromatic N) is 3. The van der Waals surface area contributed by atoms with Crippen LogP contribution in [0.1, 0.15) is 23.2 Å². The average molecular weight is 588 g/mol. The molecule has 3 N–H and O–H groups in total. The van der Waals surface area contributed by atoms with E-state index in [-0.39, 0.29) is 40.7 Å². The summed E-state index contributed by atoms with van der Waals surface area (Å²) >= 11 is 0. The second-order valence-electron chi connectivity index (χ2n) is 10.6. The second-order valence-corrected chi connectivity index (χ2v) is 10.6. The van der Waals surface area contributed by atoms with Crippen molar-refractivity contribution >= 4 is 23.4 Å². The number of nitrogens with one attached hydrogen (secondary N) is 2. The maximum atomic E-state index is 15.0. The molecule has 10 nitrogen and oxygen atoms in total. The Balaban J connectivity index is 1.09. The molecule has 2 aromatic carbocycles. The lowest BCUT2D eigenvalue weighted by molar-refractivity contribution is 0.102. The lowest BCUT2D eigenvalue weighted by Crippen LogP contribution is -2.34. The zero-order valence-corrected chi connectivity index (χ0v) is 22.7. The van der Waals surface area contributed by atoms with Crippen molar-refractivity contribution in [3.05, 3.63) is 107 Å². The normalized spacial score (nSPS) is 19.1. The van der Waals surface area contributed by atoms with Gasteiger partial charge in [0.2, 0.25) is 0 Å². The van der Waals surface area contributed by atoms with Gasteiger partial charge in [-0.05, 0) is 79.3 Å². The monoisotopic (exact) mass is 587 g/mol. The predicted octanol–water partition coefficient (Wildman–Crippen LogP) is 4.79. The highest BCUT2D eigenvalue weighted by atomic mass is 19.1. The van der Waals surface area contributed by atoms with Gasteiger partial charge in [0.15, 0.2) is 11.6 Å². The Morgan fingerprint density at radius 1 is 0.953 bits per heavy atom. The summed E-state index contributed by atoms with van der Waals surface area (Å²) in [7, 11) is 0. The third kappa shape index (κ3) is 6.09. The zero-order valence-electron chi connectivity index (χ0n) is 22.7. The number of anilines is 2. The first-order chi connectivity index (χ1) is 20.7. The number of pyridine rings is 2. The third-order valence-corrected chi connectivity index (χ3v) is 7.69. The van der Waals surface area contributed by atoms with Gasteiger partial charge in [0.1, 0.15) is 22.9 Å². The SMILES string of the molecule is O=C(Nc1ccc(Oc2ccnc(NC(=O)N3C[C@H]4CC(O)C[C@H]4C3)c2)c(F)c1)c1cccn(-c2ccc(F)cc2)c1=O. The summed E-state index contributed by atoms with van der Waals surface area (Å²) in [6, 6.07) is 14.5. The van der Waals surface area contributed by atoms with Crippen molar-refractivity contribution in [1.29, 1.82) is 0 Å². The lowest BCUT2D eigenvalue weighted by Gasteiger charge is -2.18. The molecule has 1 aliphatic carbocycles. The fraction of sp³-hybridized carbons (Fsp3) is 0.226. The Hall–Kier alpha value is -5.10. The van der Waals surface area contributed by atoms with E-state index >= 15 is 0 Å². The number of aliphatic hydroxyl groups is 1. The molecule has 1 aliphatic heterocycles. The highest BCUT2D eigenvalue weighted by molar-refractivity contribution is 6.04. The molecule has 1 saturated heterocycles. The Morgan fingerprint density at radius 3 is 2.42 bits per heavy atom. The molecule has 43 heavy (non-hydrogen) atoms. The minimum atomic E-state index is -0.775. The van der Waals surface area contributed by atoms with E-state index in [0.29, 0.717) is 43.5 Å². The van der Waals surface area contributed by atoms with Crippen molar-refractivity contribution in [3.8, 4) is 17.2 Å². The number of ether oxygens (including phenoxy) is 1. The first-order valence-corrected chi connectivity index (χ1v) is 13.7. The largest absolute Gasteiger partial charge is 0.454 e. The molecule has 0 radical (unpaired) electrons. The molecule has 2 aliphatic rings. The number of fused-ring (bicyclic) bond motifs is 1. The summed E-state index contributed by atoms with van der Waals surface area (Å²) in [6.07, 6.45) is 3.99. The number of amides is 3. The van der Waals surface area contributed by atoms with Gasteiger partial charge in [-0.2, -0.15) is 0 Å². The Morgan fingerprint density at radius 2 is 1.70 bits per heavy atom. The number of urea groups is 1. The summed E-state index contributed by atoms with van der Waals surface area (Å²) in [4.78, 5) is 44.4. The van der Waals surface area contributed by atoms with Gasteiger partial charge in [0.05, 0.1) is 6.10 Å². The average Bonchev–Trinajstić information content (AvgIpc) is 3.53. The minimum Gasteiger partial charge on any atom is -0.454 e. The van der Waals surface area contributed by atoms with Crippen LogP contribution in [0.25, 0.3) is 5.69 Å². The van der Waals surface area contributed by atoms with Gasteiger partial charge in [-0.25, -0.2) is 18.6 Å². The summed E-state index contributed by atoms with van der Waals surface area (Å²) in [6.45, 7) is 1.15. The topological polar surface area (TPSA) is 126 Å². The second kappa shape index (κ2) is 11.6. The van der Waals surface area contributed by atoms with Crippen LogP contribution < -0.4 is 20.9 Å². The maximum Gasteiger partial charge on any atom is 0.323 e. The molecule has 0 bridgehead atoms. The van der Waals surface area contributed by atoms with E-state index in [1.165, 1.54) is 77.6 Å². The fourth-order valence-corrected chi connectivity index (χ4v) is 5.62. The van der Waals surface area contributed by atoms with Crippen LogP contribution in [0.5, 0.6) is 11.5 Å². The summed E-state index contributed by atoms with van der Waals surface area (Å²) in [5, 5.41) is 15.1. The van der Waals surface area contributed by atoms with Gasteiger partial charge >= 0.3 is 6.03 Å². The first-order valence-electron chi connectivity index (χ1n) is 13.7. The van der Waals surface area contributed by atoms with Gasteiger partial charge < -0.3 is 20.1 Å². The molecule has 6 rings (SSSR count). The predicted molar refractivity (Wildman–Crippen MR) is 153 cm³/mol. The van der Waals surface area contributed by atoms with Crippen LogP contribution in [-0.2, 0) is 0 Å². The lowest BCUT2D eigenvalue weighted by atomic mass is 10.0. The van der Waals surface area contributed by atoms with Crippen molar-refractivity contribution in [2.24, 2.45) is 11.8 Å². The Bertz CT molecular complexity index is 1730. The molecule has 3 atom stereocenters. The molecule has 220 valence electrons. The molecule has 1 saturated carbocycles. The number of likely N-dealkylation sites (tertiary alicyclic amines) is 1. The van der Waals surface area contributed by atoms with Crippen LogP contribution >= 0.6 is 0 Å². The summed E-state index contributed by atoms with van der Waals surface area (Å²) in [5.74, 6) is -1.06. The number of aliphatic hydroxyl groups excluding tert-OH is 1. The quantitative estimate of drug-likeness (QED) is 0.298. The number of rotatable bonds is 6. The molecular formula is C31H27F2N5O5. The molecule has 3 amide bonds. The number of benzene rings is 2. The fourth-order valence-electron chi connectivity index (χ4n) is 5.62. The van der Waals surface area contributed by atoms with Gasteiger partial charge in [0, 0.05) is 49.0 Å². The van der Waals surface area contributed by atoms with Crippen molar-refractivity contribution in [1.82, 2.24) is 14.5 Å². The van der Waals surface area contributed by atoms with E-state index in [1.807, 2.05) is 0 Å². The number of hydrogen-bond acceptors (Lipinski definition) is 6. The molecule has 12 heteroatoms. The number of carbonyl (C=O) groups excluding carboxylic acids is 2. The van der Waals surface area contributed by atoms with E-state index in [4.69, 9.17) is 4.74 Å².